The molecule has 2 saturated heterocycles. The summed E-state index contributed by atoms with van der Waals surface area (Å²) < 4.78 is 38.2. The zero-order valence-corrected chi connectivity index (χ0v) is 22.2. The highest BCUT2D eigenvalue weighted by Gasteiger charge is 2.55. The number of alkyl halides is 2. The van der Waals surface area contributed by atoms with Crippen LogP contribution in [0.1, 0.15) is 12.8 Å². The Morgan fingerprint density at radius 1 is 1.05 bits per heavy atom. The van der Waals surface area contributed by atoms with Gasteiger partial charge in [-0.2, -0.15) is 5.26 Å². The third kappa shape index (κ3) is 5.56. The number of ether oxygens (including phenoxy) is 2. The van der Waals surface area contributed by atoms with E-state index in [1.165, 1.54) is 17.3 Å². The number of anilines is 1. The molecule has 2 aromatic carbocycles. The third-order valence-electron chi connectivity index (χ3n) is 7.72. The predicted molar refractivity (Wildman–Crippen MR) is 146 cm³/mol. The van der Waals surface area contributed by atoms with Crippen LogP contribution in [0.5, 0.6) is 17.4 Å². The fourth-order valence-electron chi connectivity index (χ4n) is 5.68. The Morgan fingerprint density at radius 2 is 1.73 bits per heavy atom. The lowest BCUT2D eigenvalue weighted by molar-refractivity contribution is -0.156. The zero-order valence-electron chi connectivity index (χ0n) is 22.2. The Morgan fingerprint density at radius 3 is 2.39 bits per heavy atom. The number of nitrogen functional groups attached to an aromatic ring is 1. The standard InChI is InChI=1S/C30H28F2N6O3/c31-30(32)17-37(18-30)11-10-21(14-33)28(39)38-15-29(16-38)12-24(13-29)41-27-25(26(34)35-19-36-27)20-6-8-23(9-7-20)40-22-4-2-1-3-5-22/h1-10,19,24H,11-13,15-18H2,(H2,34,35,36)/b21-10+. The van der Waals surface area contributed by atoms with Gasteiger partial charge in [0.1, 0.15) is 41.4 Å². The molecule has 0 bridgehead atoms. The minimum absolute atomic E-state index is 0.0107. The van der Waals surface area contributed by atoms with Gasteiger partial charge in [-0.3, -0.25) is 9.69 Å². The van der Waals surface area contributed by atoms with Crippen LogP contribution < -0.4 is 15.2 Å². The maximum atomic E-state index is 13.0. The average Bonchev–Trinajstić information content (AvgIpc) is 2.89. The number of rotatable bonds is 8. The second-order valence-corrected chi connectivity index (χ2v) is 10.9. The number of benzene rings is 2. The summed E-state index contributed by atoms with van der Waals surface area (Å²) in [4.78, 5) is 24.4. The van der Waals surface area contributed by atoms with Crippen LogP contribution in [-0.2, 0) is 4.79 Å². The van der Waals surface area contributed by atoms with Gasteiger partial charge in [-0.05, 0) is 48.7 Å². The van der Waals surface area contributed by atoms with Crippen molar-refractivity contribution in [2.45, 2.75) is 24.9 Å². The van der Waals surface area contributed by atoms with Gasteiger partial charge >= 0.3 is 0 Å². The molecule has 3 aromatic rings. The summed E-state index contributed by atoms with van der Waals surface area (Å²) >= 11 is 0. The number of hydrogen-bond donors (Lipinski definition) is 1. The molecule has 3 aliphatic rings. The van der Waals surface area contributed by atoms with Crippen LogP contribution in [0.25, 0.3) is 11.1 Å². The smallest absolute Gasteiger partial charge is 0.272 e. The molecule has 2 aliphatic heterocycles. The number of amides is 1. The van der Waals surface area contributed by atoms with E-state index in [4.69, 9.17) is 15.2 Å². The first-order chi connectivity index (χ1) is 19.7. The average molecular weight is 559 g/mol. The van der Waals surface area contributed by atoms with Crippen molar-refractivity contribution in [3.05, 3.63) is 72.6 Å². The number of carbonyl (C=O) groups excluding carboxylic acids is 1. The Kier molecular flexibility index (Phi) is 6.79. The normalized spacial score (nSPS) is 19.4. The second-order valence-electron chi connectivity index (χ2n) is 10.9. The van der Waals surface area contributed by atoms with Gasteiger partial charge in [-0.25, -0.2) is 18.7 Å². The van der Waals surface area contributed by atoms with E-state index >= 15 is 0 Å². The summed E-state index contributed by atoms with van der Waals surface area (Å²) in [6, 6.07) is 18.9. The van der Waals surface area contributed by atoms with E-state index in [2.05, 4.69) is 9.97 Å². The van der Waals surface area contributed by atoms with Gasteiger partial charge in [-0.15, -0.1) is 0 Å². The Hall–Kier alpha value is -4.56. The van der Waals surface area contributed by atoms with E-state index in [9.17, 15) is 18.8 Å². The van der Waals surface area contributed by atoms with Crippen LogP contribution in [0.3, 0.4) is 0 Å². The van der Waals surface area contributed by atoms with Gasteiger partial charge in [0, 0.05) is 25.0 Å². The van der Waals surface area contributed by atoms with Crippen molar-refractivity contribution in [2.24, 2.45) is 5.41 Å². The van der Waals surface area contributed by atoms with E-state index in [-0.39, 0.29) is 42.6 Å². The van der Waals surface area contributed by atoms with E-state index in [1.807, 2.05) is 60.7 Å². The molecule has 1 aliphatic carbocycles. The van der Waals surface area contributed by atoms with E-state index in [1.54, 1.807) is 4.90 Å². The largest absolute Gasteiger partial charge is 0.474 e. The monoisotopic (exact) mass is 558 g/mol. The van der Waals surface area contributed by atoms with Crippen LogP contribution in [-0.4, -0.2) is 70.4 Å². The molecule has 1 amide bonds. The van der Waals surface area contributed by atoms with Gasteiger partial charge in [0.15, 0.2) is 0 Å². The van der Waals surface area contributed by atoms with Crippen LogP contribution in [0, 0.1) is 16.7 Å². The molecule has 9 nitrogen and oxygen atoms in total. The first kappa shape index (κ1) is 26.7. The third-order valence-corrected chi connectivity index (χ3v) is 7.72. The fourth-order valence-corrected chi connectivity index (χ4v) is 5.68. The summed E-state index contributed by atoms with van der Waals surface area (Å²) in [5.41, 5.74) is 7.56. The molecule has 2 N–H and O–H groups in total. The summed E-state index contributed by atoms with van der Waals surface area (Å²) in [5, 5.41) is 9.42. The number of aromatic nitrogens is 2. The van der Waals surface area contributed by atoms with E-state index < -0.39 is 5.92 Å². The van der Waals surface area contributed by atoms with Crippen LogP contribution in [0.15, 0.2) is 72.6 Å². The molecular weight excluding hydrogens is 530 g/mol. The molecular formula is C30H28F2N6O3. The lowest BCUT2D eigenvalue weighted by Crippen LogP contribution is -2.66. The number of nitriles is 1. The summed E-state index contributed by atoms with van der Waals surface area (Å²) in [6.45, 7) is 0.505. The number of halogens is 2. The Bertz CT molecular complexity index is 1500. The Balaban J connectivity index is 1.04. The molecule has 3 fully saturated rings. The molecule has 11 heteroatoms. The van der Waals surface area contributed by atoms with Crippen molar-refractivity contribution in [1.29, 1.82) is 5.26 Å². The molecule has 1 saturated carbocycles. The molecule has 0 atom stereocenters. The molecule has 3 heterocycles. The highest BCUT2D eigenvalue weighted by atomic mass is 19.3. The van der Waals surface area contributed by atoms with Gasteiger partial charge < -0.3 is 20.1 Å². The number of nitrogens with zero attached hydrogens (tertiary/aromatic N) is 5. The Labute approximate surface area is 235 Å². The minimum atomic E-state index is -2.68. The number of carbonyl (C=O) groups is 1. The van der Waals surface area contributed by atoms with E-state index in [0.29, 0.717) is 36.1 Å². The van der Waals surface area contributed by atoms with Crippen molar-refractivity contribution in [3.63, 3.8) is 0 Å². The first-order valence-electron chi connectivity index (χ1n) is 13.3. The van der Waals surface area contributed by atoms with Crippen molar-refractivity contribution in [1.82, 2.24) is 19.8 Å². The maximum Gasteiger partial charge on any atom is 0.272 e. The molecule has 0 radical (unpaired) electrons. The quantitative estimate of drug-likeness (QED) is 0.322. The predicted octanol–water partition coefficient (Wildman–Crippen LogP) is 4.29. The molecule has 1 aromatic heterocycles. The molecule has 6 rings (SSSR count). The van der Waals surface area contributed by atoms with Crippen molar-refractivity contribution < 1.29 is 23.0 Å². The van der Waals surface area contributed by atoms with Gasteiger partial charge in [0.2, 0.25) is 5.88 Å². The van der Waals surface area contributed by atoms with Crippen LogP contribution in [0.2, 0.25) is 0 Å². The first-order valence-corrected chi connectivity index (χ1v) is 13.3. The SMILES string of the molecule is N#C/C(=C\CN1CC(F)(F)C1)C(=O)N1CC2(CC(Oc3ncnc(N)c3-c3ccc(Oc4ccccc4)cc3)C2)C1. The van der Waals surface area contributed by atoms with Crippen molar-refractivity contribution >= 4 is 11.7 Å². The zero-order chi connectivity index (χ0) is 28.6. The maximum absolute atomic E-state index is 13.0. The topological polar surface area (TPSA) is 118 Å². The van der Waals surface area contributed by atoms with Crippen LogP contribution in [0.4, 0.5) is 14.6 Å². The minimum Gasteiger partial charge on any atom is -0.474 e. The summed E-state index contributed by atoms with van der Waals surface area (Å²) in [7, 11) is 0. The molecule has 0 unspecified atom stereocenters. The lowest BCUT2D eigenvalue weighted by Gasteiger charge is -2.58. The fraction of sp³-hybridized carbons (Fsp3) is 0.333. The summed E-state index contributed by atoms with van der Waals surface area (Å²) in [5.74, 6) is -0.926. The van der Waals surface area contributed by atoms with Gasteiger partial charge in [0.05, 0.1) is 18.7 Å². The van der Waals surface area contributed by atoms with Gasteiger partial charge in [-0.1, -0.05) is 30.3 Å². The second kappa shape index (κ2) is 10.4. The van der Waals surface area contributed by atoms with E-state index in [0.717, 1.165) is 24.2 Å². The molecule has 210 valence electrons. The molecule has 41 heavy (non-hydrogen) atoms. The number of para-hydroxylation sites is 1. The highest BCUT2D eigenvalue weighted by molar-refractivity contribution is 5.97. The van der Waals surface area contributed by atoms with Crippen molar-refractivity contribution in [2.75, 3.05) is 38.5 Å². The number of likely N-dealkylation sites (tertiary alicyclic amines) is 2. The van der Waals surface area contributed by atoms with Crippen LogP contribution >= 0.6 is 0 Å². The summed E-state index contributed by atoms with van der Waals surface area (Å²) in [6.07, 6.45) is 4.18. The number of hydrogen-bond acceptors (Lipinski definition) is 8. The van der Waals surface area contributed by atoms with Gasteiger partial charge in [0.25, 0.3) is 11.8 Å². The highest BCUT2D eigenvalue weighted by Crippen LogP contribution is 2.50. The lowest BCUT2D eigenvalue weighted by atomic mass is 9.61. The van der Waals surface area contributed by atoms with Crippen molar-refractivity contribution in [3.8, 4) is 34.6 Å². The number of nitrogens with two attached hydrogens (primary N) is 1. The molecule has 1 spiro atoms.